The summed E-state index contributed by atoms with van der Waals surface area (Å²) in [6.07, 6.45) is -55.0. The molecule has 0 aliphatic heterocycles. The van der Waals surface area contributed by atoms with Gasteiger partial charge in [-0.2, -0.15) is 137 Å². The van der Waals surface area contributed by atoms with Crippen molar-refractivity contribution in [2.24, 2.45) is 0 Å². The molecule has 0 spiro atoms. The van der Waals surface area contributed by atoms with Crippen molar-refractivity contribution in [3.63, 3.8) is 0 Å². The summed E-state index contributed by atoms with van der Waals surface area (Å²) in [6, 6.07) is 21.2. The Morgan fingerprint density at radius 3 is 0.664 bits per heavy atom. The van der Waals surface area contributed by atoms with Gasteiger partial charge in [-0.3, -0.25) is 0 Å². The minimum atomic E-state index is -5.67. The SMILES string of the molecule is N#Cc1ccc(-c2cc(-c3ccc(C(F)(F)F)cc3C(F)(F)F)ccc2-n2c3ccc(-c4ccc(C(F)(F)F)cc4C(F)(F)F)cc3c3cc(-c4ccc(C(F)(F)F)cc4C(F)(F)F)ccc32)c(-n2c3ccc(-c4ccc(C(F)(F)F)cc4C(F)(F)F)cc3c3cc(-c4ccc(C(F)(F)F)cc4C(F)(F)F)ccc32)c1. The predicted octanol–water partition coefficient (Wildman–Crippen LogP) is 27.9. The van der Waals surface area contributed by atoms with E-state index in [1.807, 2.05) is 6.07 Å². The summed E-state index contributed by atoms with van der Waals surface area (Å²) < 4.78 is 440. The molecule has 566 valence electrons. The number of hydrogen-bond donors (Lipinski definition) is 0. The first-order valence-electron chi connectivity index (χ1n) is 31.1. The molecule has 13 aromatic rings. The molecule has 0 saturated carbocycles. The number of nitrogens with zero attached hydrogens (tertiary/aromatic N) is 3. The molecule has 0 radical (unpaired) electrons. The summed E-state index contributed by atoms with van der Waals surface area (Å²) in [5, 5.41) is 9.17. The Hall–Kier alpha value is -11.6. The molecule has 13 rings (SSSR count). The van der Waals surface area contributed by atoms with E-state index in [9.17, 15) is 71.1 Å². The number of hydrogen-bond acceptors (Lipinski definition) is 1. The molecular formula is C77H33F30N3. The van der Waals surface area contributed by atoms with Crippen LogP contribution in [0.2, 0.25) is 0 Å². The normalized spacial score (nSPS) is 13.4. The van der Waals surface area contributed by atoms with Crippen molar-refractivity contribution in [2.45, 2.75) is 61.8 Å². The summed E-state index contributed by atoms with van der Waals surface area (Å²) in [5.41, 5.74) is -29.7. The molecule has 0 aliphatic carbocycles. The van der Waals surface area contributed by atoms with Crippen LogP contribution in [0.25, 0.3) is 122 Å². The smallest absolute Gasteiger partial charge is 0.309 e. The van der Waals surface area contributed by atoms with E-state index in [0.29, 0.717) is 30.3 Å². The van der Waals surface area contributed by atoms with Gasteiger partial charge in [-0.1, -0.05) is 66.7 Å². The predicted molar refractivity (Wildman–Crippen MR) is 342 cm³/mol. The maximum absolute atomic E-state index is 15.4. The summed E-state index contributed by atoms with van der Waals surface area (Å²) in [6.45, 7) is 0. The largest absolute Gasteiger partial charge is 0.417 e. The molecule has 0 fully saturated rings. The van der Waals surface area contributed by atoms with Gasteiger partial charge in [0.15, 0.2) is 0 Å². The second-order valence-corrected chi connectivity index (χ2v) is 25.0. The maximum atomic E-state index is 15.4. The summed E-state index contributed by atoms with van der Waals surface area (Å²) in [7, 11) is 0. The average Bonchev–Trinajstić information content (AvgIpc) is 1.56. The monoisotopic (exact) mass is 1570 g/mol. The Balaban J connectivity index is 1.17. The number of rotatable bonds is 8. The van der Waals surface area contributed by atoms with E-state index in [-0.39, 0.29) is 115 Å². The van der Waals surface area contributed by atoms with Crippen LogP contribution in [0.1, 0.15) is 61.2 Å². The zero-order valence-electron chi connectivity index (χ0n) is 53.7. The molecule has 110 heavy (non-hydrogen) atoms. The van der Waals surface area contributed by atoms with Crippen molar-refractivity contribution in [3.8, 4) is 84.2 Å². The standard InChI is InChI=1S/C77H33F30N3/c78-68(79,80)41-7-13-46(57(29-41)73(93,94)95)36-2-18-62(109-63-19-3-37(47-14-8-42(69(81,82)83)30-58(47)74(96,97)98)25-53(63)54-26-38(4-20-64(54)109)48-15-9-43(70(84,85)86)31-59(48)75(99,100)101)52(24-36)51-12-1-35(34-108)23-67(51)110-65-21-5-39(49-16-10-44(71(87,88)89)32-60(49)76(102,103)104)27-55(65)56-28-40(6-22-66(56)110)50-17-11-45(72(90,91)92)33-61(50)77(105,106)107/h1-33H. The third kappa shape index (κ3) is 14.1. The van der Waals surface area contributed by atoms with E-state index in [2.05, 4.69) is 0 Å². The van der Waals surface area contributed by atoms with E-state index >= 15 is 65.9 Å². The van der Waals surface area contributed by atoms with Gasteiger partial charge < -0.3 is 9.13 Å². The maximum Gasteiger partial charge on any atom is 0.417 e. The highest BCUT2D eigenvalue weighted by atomic mass is 19.4. The molecule has 0 atom stereocenters. The Labute approximate surface area is 595 Å². The fraction of sp³-hybridized carbons (Fsp3) is 0.130. The minimum absolute atomic E-state index is 0.237. The molecule has 3 nitrogen and oxygen atoms in total. The van der Waals surface area contributed by atoms with Gasteiger partial charge in [0.25, 0.3) is 0 Å². The van der Waals surface area contributed by atoms with Crippen LogP contribution in [0, 0.1) is 11.3 Å². The van der Waals surface area contributed by atoms with Gasteiger partial charge in [-0.25, -0.2) is 0 Å². The number of benzene rings is 11. The van der Waals surface area contributed by atoms with Gasteiger partial charge >= 0.3 is 61.8 Å². The van der Waals surface area contributed by atoms with Crippen molar-refractivity contribution in [1.29, 1.82) is 5.26 Å². The molecule has 2 aromatic heterocycles. The lowest BCUT2D eigenvalue weighted by Gasteiger charge is -2.21. The molecule has 11 aromatic carbocycles. The van der Waals surface area contributed by atoms with Gasteiger partial charge in [0.05, 0.1) is 101 Å². The highest BCUT2D eigenvalue weighted by Crippen LogP contribution is 2.52. The van der Waals surface area contributed by atoms with Crippen LogP contribution < -0.4 is 0 Å². The zero-order valence-corrected chi connectivity index (χ0v) is 53.7. The minimum Gasteiger partial charge on any atom is -0.309 e. The molecule has 0 amide bonds. The van der Waals surface area contributed by atoms with Gasteiger partial charge in [0, 0.05) is 32.7 Å². The first-order chi connectivity index (χ1) is 50.8. The lowest BCUT2D eigenvalue weighted by atomic mass is 9.92. The van der Waals surface area contributed by atoms with E-state index in [0.717, 1.165) is 118 Å². The van der Waals surface area contributed by atoms with Crippen molar-refractivity contribution in [3.05, 3.63) is 261 Å². The second kappa shape index (κ2) is 25.8. The average molecular weight is 1570 g/mol. The quantitative estimate of drug-likeness (QED) is 0.140. The zero-order chi connectivity index (χ0) is 80.2. The van der Waals surface area contributed by atoms with Gasteiger partial charge in [-0.15, -0.1) is 0 Å². The van der Waals surface area contributed by atoms with Crippen LogP contribution in [-0.4, -0.2) is 9.13 Å². The molecule has 0 N–H and O–H groups in total. The Kier molecular flexibility index (Phi) is 18.0. The van der Waals surface area contributed by atoms with Gasteiger partial charge in [-0.05, 0) is 189 Å². The molecule has 0 aliphatic rings. The third-order valence-electron chi connectivity index (χ3n) is 18.2. The third-order valence-corrected chi connectivity index (χ3v) is 18.2. The Bertz CT molecular complexity index is 5680. The fourth-order valence-electron chi connectivity index (χ4n) is 13.4. The number of aromatic nitrogens is 2. The lowest BCUT2D eigenvalue weighted by Crippen LogP contribution is -2.12. The molecule has 0 bridgehead atoms. The van der Waals surface area contributed by atoms with Crippen molar-refractivity contribution < 1.29 is 132 Å². The molecule has 2 heterocycles. The first-order valence-corrected chi connectivity index (χ1v) is 31.1. The molecular weight excluding hydrogens is 1540 g/mol. The number of alkyl halides is 30. The summed E-state index contributed by atoms with van der Waals surface area (Å²) in [5.74, 6) is 0. The Morgan fingerprint density at radius 1 is 0.200 bits per heavy atom. The first kappa shape index (κ1) is 76.6. The topological polar surface area (TPSA) is 33.6 Å². The number of halogens is 30. The van der Waals surface area contributed by atoms with E-state index < -0.39 is 190 Å². The van der Waals surface area contributed by atoms with Crippen molar-refractivity contribution >= 4 is 43.6 Å². The van der Waals surface area contributed by atoms with Gasteiger partial charge in [0.2, 0.25) is 0 Å². The van der Waals surface area contributed by atoms with Crippen LogP contribution >= 0.6 is 0 Å². The summed E-state index contributed by atoms with van der Waals surface area (Å²) in [4.78, 5) is 0. The van der Waals surface area contributed by atoms with Crippen LogP contribution in [0.3, 0.4) is 0 Å². The number of nitriles is 1. The molecule has 0 unspecified atom stereocenters. The van der Waals surface area contributed by atoms with Crippen LogP contribution in [-0.2, 0) is 61.8 Å². The van der Waals surface area contributed by atoms with E-state index in [1.54, 1.807) is 0 Å². The molecule has 33 heteroatoms. The van der Waals surface area contributed by atoms with Crippen LogP contribution in [0.4, 0.5) is 132 Å². The number of fused-ring (bicyclic) bond motifs is 6. The highest BCUT2D eigenvalue weighted by Gasteiger charge is 2.45. The Morgan fingerprint density at radius 2 is 0.427 bits per heavy atom. The van der Waals surface area contributed by atoms with Crippen molar-refractivity contribution in [2.75, 3.05) is 0 Å². The van der Waals surface area contributed by atoms with Crippen LogP contribution in [0.15, 0.2) is 200 Å². The highest BCUT2D eigenvalue weighted by molar-refractivity contribution is 6.14. The summed E-state index contributed by atoms with van der Waals surface area (Å²) >= 11 is 0. The lowest BCUT2D eigenvalue weighted by molar-refractivity contribution is -0.144. The molecule has 0 saturated heterocycles. The second-order valence-electron chi connectivity index (χ2n) is 25.0. The fourth-order valence-corrected chi connectivity index (χ4v) is 13.4. The van der Waals surface area contributed by atoms with Gasteiger partial charge in [0.1, 0.15) is 0 Å². The van der Waals surface area contributed by atoms with E-state index in [1.165, 1.54) is 0 Å². The van der Waals surface area contributed by atoms with E-state index in [4.69, 9.17) is 0 Å². The van der Waals surface area contributed by atoms with Crippen molar-refractivity contribution in [1.82, 2.24) is 9.13 Å². The van der Waals surface area contributed by atoms with Crippen LogP contribution in [0.5, 0.6) is 0 Å².